The molecule has 0 unspecified atom stereocenters. The molecule has 90 valence electrons. The highest BCUT2D eigenvalue weighted by atomic mass is 15.1. The van der Waals surface area contributed by atoms with E-state index in [0.717, 1.165) is 10.9 Å². The first-order chi connectivity index (χ1) is 9.36. The van der Waals surface area contributed by atoms with Gasteiger partial charge in [0.05, 0.1) is 11.1 Å². The van der Waals surface area contributed by atoms with E-state index >= 15 is 0 Å². The first-order valence-corrected chi connectivity index (χ1v) is 5.85. The summed E-state index contributed by atoms with van der Waals surface area (Å²) in [7, 11) is 0. The second-order valence-corrected chi connectivity index (χ2v) is 4.03. The number of hydrogen-bond acceptors (Lipinski definition) is 4. The maximum absolute atomic E-state index is 9.02. The zero-order valence-electron chi connectivity index (χ0n) is 10.0. The minimum absolute atomic E-state index is 0.498. The van der Waals surface area contributed by atoms with Gasteiger partial charge < -0.3 is 5.32 Å². The number of para-hydroxylation sites is 1. The summed E-state index contributed by atoms with van der Waals surface area (Å²) in [6.07, 6.45) is 1.64. The van der Waals surface area contributed by atoms with Gasteiger partial charge in [-0.25, -0.2) is 9.97 Å². The number of pyridine rings is 2. The molecule has 3 aromatic rings. The highest BCUT2D eigenvalue weighted by Crippen LogP contribution is 2.19. The molecule has 0 spiro atoms. The van der Waals surface area contributed by atoms with Gasteiger partial charge in [0.25, 0.3) is 0 Å². The Bertz CT molecular complexity index is 774. The second kappa shape index (κ2) is 4.75. The number of aromatic nitrogens is 2. The van der Waals surface area contributed by atoms with Crippen LogP contribution < -0.4 is 5.32 Å². The lowest BCUT2D eigenvalue weighted by molar-refractivity contribution is 1.26. The highest BCUT2D eigenvalue weighted by Gasteiger charge is 2.04. The number of nitriles is 1. The van der Waals surface area contributed by atoms with Crippen LogP contribution in [0.4, 0.5) is 11.6 Å². The van der Waals surface area contributed by atoms with Crippen LogP contribution in [0.3, 0.4) is 0 Å². The van der Waals surface area contributed by atoms with E-state index in [1.54, 1.807) is 18.3 Å². The molecular formula is C15H10N4. The van der Waals surface area contributed by atoms with Crippen LogP contribution in [0.5, 0.6) is 0 Å². The van der Waals surface area contributed by atoms with Crippen LogP contribution in [0.15, 0.2) is 54.7 Å². The third kappa shape index (κ3) is 2.22. The number of nitrogens with zero attached hydrogens (tertiary/aromatic N) is 3. The molecule has 4 heteroatoms. The second-order valence-electron chi connectivity index (χ2n) is 4.03. The van der Waals surface area contributed by atoms with Crippen molar-refractivity contribution >= 4 is 22.5 Å². The van der Waals surface area contributed by atoms with Gasteiger partial charge in [-0.2, -0.15) is 5.26 Å². The third-order valence-electron chi connectivity index (χ3n) is 2.77. The molecule has 0 radical (unpaired) electrons. The lowest BCUT2D eigenvalue weighted by Gasteiger charge is -2.06. The largest absolute Gasteiger partial charge is 0.324 e. The number of hydrogen-bond donors (Lipinski definition) is 1. The first-order valence-electron chi connectivity index (χ1n) is 5.85. The van der Waals surface area contributed by atoms with Crippen LogP contribution in [0.1, 0.15) is 5.56 Å². The zero-order valence-corrected chi connectivity index (χ0v) is 10.0. The molecule has 2 heterocycles. The molecule has 0 saturated heterocycles. The Kier molecular flexibility index (Phi) is 2.79. The summed E-state index contributed by atoms with van der Waals surface area (Å²) in [4.78, 5) is 8.64. The van der Waals surface area contributed by atoms with Crippen molar-refractivity contribution < 1.29 is 0 Å². The van der Waals surface area contributed by atoms with Crippen LogP contribution >= 0.6 is 0 Å². The Morgan fingerprint density at radius 1 is 1.00 bits per heavy atom. The molecule has 1 aromatic carbocycles. The summed E-state index contributed by atoms with van der Waals surface area (Å²) in [6, 6.07) is 17.3. The molecule has 0 aliphatic rings. The van der Waals surface area contributed by atoms with Crippen molar-refractivity contribution in [2.75, 3.05) is 5.32 Å². The summed E-state index contributed by atoms with van der Waals surface area (Å²) < 4.78 is 0. The molecule has 0 amide bonds. The third-order valence-corrected chi connectivity index (χ3v) is 2.77. The molecule has 3 rings (SSSR count). The van der Waals surface area contributed by atoms with E-state index in [4.69, 9.17) is 5.26 Å². The van der Waals surface area contributed by atoms with Crippen molar-refractivity contribution in [3.63, 3.8) is 0 Å². The van der Waals surface area contributed by atoms with E-state index in [0.29, 0.717) is 17.2 Å². The van der Waals surface area contributed by atoms with E-state index in [1.165, 1.54) is 0 Å². The van der Waals surface area contributed by atoms with E-state index in [2.05, 4.69) is 21.4 Å². The Hall–Kier alpha value is -2.93. The van der Waals surface area contributed by atoms with Crippen LogP contribution in [0.25, 0.3) is 10.9 Å². The van der Waals surface area contributed by atoms with Crippen molar-refractivity contribution in [1.82, 2.24) is 9.97 Å². The molecule has 0 atom stereocenters. The summed E-state index contributed by atoms with van der Waals surface area (Å²) in [5.74, 6) is 1.20. The maximum atomic E-state index is 9.02. The quantitative estimate of drug-likeness (QED) is 0.754. The Balaban J connectivity index is 1.99. The van der Waals surface area contributed by atoms with Gasteiger partial charge in [-0.05, 0) is 30.3 Å². The Labute approximate surface area is 110 Å². The maximum Gasteiger partial charge on any atom is 0.149 e. The van der Waals surface area contributed by atoms with Crippen LogP contribution in [0, 0.1) is 11.3 Å². The lowest BCUT2D eigenvalue weighted by atomic mass is 10.2. The number of anilines is 2. The Morgan fingerprint density at radius 2 is 1.89 bits per heavy atom. The van der Waals surface area contributed by atoms with Gasteiger partial charge in [0, 0.05) is 11.6 Å². The molecule has 1 N–H and O–H groups in total. The van der Waals surface area contributed by atoms with Crippen molar-refractivity contribution in [2.24, 2.45) is 0 Å². The topological polar surface area (TPSA) is 61.6 Å². The normalized spacial score (nSPS) is 10.1. The fraction of sp³-hybridized carbons (Fsp3) is 0. The van der Waals surface area contributed by atoms with E-state index in [1.807, 2.05) is 36.4 Å². The summed E-state index contributed by atoms with van der Waals surface area (Å²) in [5.41, 5.74) is 1.40. The molecule has 0 aliphatic heterocycles. The fourth-order valence-corrected chi connectivity index (χ4v) is 1.85. The van der Waals surface area contributed by atoms with E-state index in [9.17, 15) is 0 Å². The lowest BCUT2D eigenvalue weighted by Crippen LogP contribution is -1.98. The predicted molar refractivity (Wildman–Crippen MR) is 74.0 cm³/mol. The molecule has 0 saturated carbocycles. The summed E-state index contributed by atoms with van der Waals surface area (Å²) >= 11 is 0. The number of rotatable bonds is 2. The van der Waals surface area contributed by atoms with Crippen molar-refractivity contribution in [1.29, 1.82) is 5.26 Å². The Morgan fingerprint density at radius 3 is 2.79 bits per heavy atom. The first kappa shape index (κ1) is 11.2. The summed E-state index contributed by atoms with van der Waals surface area (Å²) in [5, 5.41) is 13.2. The molecule has 0 aliphatic carbocycles. The van der Waals surface area contributed by atoms with Gasteiger partial charge in [0.1, 0.15) is 17.7 Å². The van der Waals surface area contributed by atoms with Gasteiger partial charge in [-0.3, -0.25) is 0 Å². The van der Waals surface area contributed by atoms with Crippen molar-refractivity contribution in [3.8, 4) is 6.07 Å². The molecular weight excluding hydrogens is 236 g/mol. The monoisotopic (exact) mass is 246 g/mol. The molecule has 19 heavy (non-hydrogen) atoms. The number of fused-ring (bicyclic) bond motifs is 1. The van der Waals surface area contributed by atoms with Gasteiger partial charge in [0.2, 0.25) is 0 Å². The van der Waals surface area contributed by atoms with Gasteiger partial charge in [0.15, 0.2) is 0 Å². The smallest absolute Gasteiger partial charge is 0.149 e. The molecule has 0 fully saturated rings. The molecule has 2 aromatic heterocycles. The number of nitrogens with one attached hydrogen (secondary N) is 1. The standard InChI is InChI=1S/C15H10N4/c16-10-12-5-3-9-17-15(12)19-14-8-7-11-4-1-2-6-13(11)18-14/h1-9H,(H,17,18,19). The van der Waals surface area contributed by atoms with Crippen molar-refractivity contribution in [3.05, 3.63) is 60.3 Å². The SMILES string of the molecule is N#Cc1cccnc1Nc1ccc2ccccc2n1. The average Bonchev–Trinajstić information content (AvgIpc) is 2.48. The van der Waals surface area contributed by atoms with Crippen LogP contribution in [0.2, 0.25) is 0 Å². The minimum atomic E-state index is 0.498. The van der Waals surface area contributed by atoms with Gasteiger partial charge in [-0.1, -0.05) is 18.2 Å². The van der Waals surface area contributed by atoms with Gasteiger partial charge in [-0.15, -0.1) is 0 Å². The fourth-order valence-electron chi connectivity index (χ4n) is 1.85. The van der Waals surface area contributed by atoms with Gasteiger partial charge >= 0.3 is 0 Å². The number of benzene rings is 1. The minimum Gasteiger partial charge on any atom is -0.324 e. The highest BCUT2D eigenvalue weighted by molar-refractivity contribution is 5.80. The van der Waals surface area contributed by atoms with Crippen molar-refractivity contribution in [2.45, 2.75) is 0 Å². The van der Waals surface area contributed by atoms with Crippen LogP contribution in [-0.2, 0) is 0 Å². The van der Waals surface area contributed by atoms with E-state index < -0.39 is 0 Å². The average molecular weight is 246 g/mol. The predicted octanol–water partition coefficient (Wildman–Crippen LogP) is 3.25. The van der Waals surface area contributed by atoms with E-state index in [-0.39, 0.29) is 0 Å². The van der Waals surface area contributed by atoms with Crippen LogP contribution in [-0.4, -0.2) is 9.97 Å². The zero-order chi connectivity index (χ0) is 13.1. The molecule has 4 nitrogen and oxygen atoms in total. The summed E-state index contributed by atoms with van der Waals surface area (Å²) in [6.45, 7) is 0. The molecule has 0 bridgehead atoms.